The fraction of sp³-hybridized carbons (Fsp3) is 0.364. The summed E-state index contributed by atoms with van der Waals surface area (Å²) >= 11 is 0. The Bertz CT molecular complexity index is 860. The first-order valence-corrected chi connectivity index (χ1v) is 9.70. The fourth-order valence-corrected chi connectivity index (χ4v) is 3.90. The number of hydrogen-bond acceptors (Lipinski definition) is 2. The van der Waals surface area contributed by atoms with Crippen LogP contribution in [0.25, 0.3) is 0 Å². The van der Waals surface area contributed by atoms with Crippen LogP contribution < -0.4 is 15.5 Å². The zero-order valence-corrected chi connectivity index (χ0v) is 15.6. The van der Waals surface area contributed by atoms with E-state index >= 15 is 0 Å². The monoisotopic (exact) mass is 363 g/mol. The van der Waals surface area contributed by atoms with Gasteiger partial charge in [0.05, 0.1) is 6.04 Å². The molecule has 1 atom stereocenters. The molecule has 5 nitrogen and oxygen atoms in total. The normalized spacial score (nSPS) is 17.2. The summed E-state index contributed by atoms with van der Waals surface area (Å²) in [5.74, 6) is -0.0994. The van der Waals surface area contributed by atoms with Crippen LogP contribution in [-0.4, -0.2) is 25.0 Å². The Kier molecular flexibility index (Phi) is 4.84. The van der Waals surface area contributed by atoms with E-state index in [4.69, 9.17) is 0 Å². The summed E-state index contributed by atoms with van der Waals surface area (Å²) in [6, 6.07) is 13.6. The van der Waals surface area contributed by atoms with Crippen molar-refractivity contribution in [2.75, 3.05) is 18.0 Å². The molecule has 0 saturated carbocycles. The molecule has 0 radical (unpaired) electrons. The van der Waals surface area contributed by atoms with Gasteiger partial charge in [0.25, 0.3) is 5.91 Å². The van der Waals surface area contributed by atoms with Crippen LogP contribution in [0.1, 0.15) is 52.9 Å². The van der Waals surface area contributed by atoms with Gasteiger partial charge in [-0.15, -0.1) is 0 Å². The minimum Gasteiger partial charge on any atom is -0.346 e. The number of aryl methyl sites for hydroxylation is 2. The number of rotatable bonds is 4. The van der Waals surface area contributed by atoms with E-state index in [1.54, 1.807) is 17.0 Å². The van der Waals surface area contributed by atoms with Crippen molar-refractivity contribution in [1.82, 2.24) is 10.6 Å². The first kappa shape index (κ1) is 17.6. The molecule has 0 aromatic heterocycles. The van der Waals surface area contributed by atoms with Gasteiger partial charge in [0.1, 0.15) is 0 Å². The molecule has 0 bridgehead atoms. The van der Waals surface area contributed by atoms with Crippen LogP contribution in [0.15, 0.2) is 42.5 Å². The molecule has 5 heteroatoms. The molecule has 0 spiro atoms. The van der Waals surface area contributed by atoms with E-state index in [1.165, 1.54) is 24.0 Å². The Morgan fingerprint density at radius 2 is 1.81 bits per heavy atom. The zero-order valence-electron chi connectivity index (χ0n) is 15.6. The average Bonchev–Trinajstić information content (AvgIpc) is 3.13. The van der Waals surface area contributed by atoms with Crippen molar-refractivity contribution in [3.05, 3.63) is 64.7 Å². The lowest BCUT2D eigenvalue weighted by atomic mass is 9.89. The molecule has 2 aromatic rings. The smallest absolute Gasteiger partial charge is 0.321 e. The highest BCUT2D eigenvalue weighted by Gasteiger charge is 2.21. The third-order valence-electron chi connectivity index (χ3n) is 5.52. The number of nitrogens with one attached hydrogen (secondary N) is 2. The summed E-state index contributed by atoms with van der Waals surface area (Å²) in [6.45, 7) is 3.32. The Morgan fingerprint density at radius 1 is 1.07 bits per heavy atom. The van der Waals surface area contributed by atoms with E-state index in [9.17, 15) is 9.59 Å². The van der Waals surface area contributed by atoms with Crippen LogP contribution in [0.3, 0.4) is 0 Å². The molecule has 1 heterocycles. The third kappa shape index (κ3) is 3.68. The van der Waals surface area contributed by atoms with Gasteiger partial charge in [0, 0.05) is 24.3 Å². The van der Waals surface area contributed by atoms with E-state index < -0.39 is 0 Å². The van der Waals surface area contributed by atoms with E-state index in [0.717, 1.165) is 24.1 Å². The van der Waals surface area contributed by atoms with Crippen molar-refractivity contribution in [1.29, 1.82) is 0 Å². The van der Waals surface area contributed by atoms with Crippen LogP contribution >= 0.6 is 0 Å². The molecule has 1 fully saturated rings. The average molecular weight is 363 g/mol. The summed E-state index contributed by atoms with van der Waals surface area (Å²) in [7, 11) is 0. The van der Waals surface area contributed by atoms with Gasteiger partial charge in [-0.05, 0) is 73.6 Å². The minimum absolute atomic E-state index is 0.0474. The summed E-state index contributed by atoms with van der Waals surface area (Å²) in [4.78, 5) is 26.0. The molecule has 140 valence electrons. The molecule has 1 saturated heterocycles. The SMILES string of the molecule is CC(NC(=O)c1ccc(N2CCNC2=O)cc1)c1ccc2c(c1)CCCC2. The number of carbonyl (C=O) groups excluding carboxylic acids is 2. The number of nitrogens with zero attached hydrogens (tertiary/aromatic N) is 1. The highest BCUT2D eigenvalue weighted by atomic mass is 16.2. The lowest BCUT2D eigenvalue weighted by molar-refractivity contribution is 0.0940. The standard InChI is InChI=1S/C22H25N3O2/c1-15(18-7-6-16-4-2-3-5-19(16)14-18)24-21(26)17-8-10-20(11-9-17)25-13-12-23-22(25)27/h6-11,14-15H,2-5,12-13H2,1H3,(H,23,27)(H,24,26). The number of fused-ring (bicyclic) bond motifs is 1. The molecule has 2 aliphatic rings. The van der Waals surface area contributed by atoms with E-state index in [-0.39, 0.29) is 18.0 Å². The Labute approximate surface area is 159 Å². The lowest BCUT2D eigenvalue weighted by Gasteiger charge is -2.20. The third-order valence-corrected chi connectivity index (χ3v) is 5.52. The van der Waals surface area contributed by atoms with Gasteiger partial charge < -0.3 is 10.6 Å². The minimum atomic E-state index is -0.0994. The van der Waals surface area contributed by atoms with Crippen molar-refractivity contribution < 1.29 is 9.59 Å². The number of carbonyl (C=O) groups is 2. The summed E-state index contributed by atoms with van der Waals surface area (Å²) in [5, 5.41) is 5.86. The Hall–Kier alpha value is -2.82. The Balaban J connectivity index is 1.43. The van der Waals surface area contributed by atoms with Crippen LogP contribution in [0, 0.1) is 0 Å². The second-order valence-corrected chi connectivity index (χ2v) is 7.36. The van der Waals surface area contributed by atoms with Crippen molar-refractivity contribution in [3.8, 4) is 0 Å². The van der Waals surface area contributed by atoms with Crippen LogP contribution in [0.5, 0.6) is 0 Å². The van der Waals surface area contributed by atoms with Gasteiger partial charge in [-0.1, -0.05) is 18.2 Å². The van der Waals surface area contributed by atoms with Gasteiger partial charge in [0.15, 0.2) is 0 Å². The number of amides is 3. The van der Waals surface area contributed by atoms with Gasteiger partial charge in [0.2, 0.25) is 0 Å². The quantitative estimate of drug-likeness (QED) is 0.872. The molecule has 27 heavy (non-hydrogen) atoms. The van der Waals surface area contributed by atoms with E-state index in [0.29, 0.717) is 18.7 Å². The number of benzene rings is 2. The number of anilines is 1. The highest BCUT2D eigenvalue weighted by molar-refractivity contribution is 5.97. The molecule has 3 amide bonds. The van der Waals surface area contributed by atoms with Crippen molar-refractivity contribution in [2.45, 2.75) is 38.6 Å². The van der Waals surface area contributed by atoms with Crippen LogP contribution in [0.2, 0.25) is 0 Å². The molecule has 1 aliphatic carbocycles. The molecular weight excluding hydrogens is 338 g/mol. The summed E-state index contributed by atoms with van der Waals surface area (Å²) in [5.41, 5.74) is 5.43. The zero-order chi connectivity index (χ0) is 18.8. The first-order valence-electron chi connectivity index (χ1n) is 9.70. The predicted molar refractivity (Wildman–Crippen MR) is 106 cm³/mol. The van der Waals surface area contributed by atoms with Crippen LogP contribution in [0.4, 0.5) is 10.5 Å². The molecule has 2 N–H and O–H groups in total. The topological polar surface area (TPSA) is 61.4 Å². The van der Waals surface area contributed by atoms with Crippen molar-refractivity contribution >= 4 is 17.6 Å². The van der Waals surface area contributed by atoms with Gasteiger partial charge in [-0.2, -0.15) is 0 Å². The Morgan fingerprint density at radius 3 is 2.52 bits per heavy atom. The maximum atomic E-state index is 12.6. The lowest BCUT2D eigenvalue weighted by Crippen LogP contribution is -2.28. The van der Waals surface area contributed by atoms with Gasteiger partial charge >= 0.3 is 6.03 Å². The molecule has 1 aliphatic heterocycles. The molecular formula is C22H25N3O2. The largest absolute Gasteiger partial charge is 0.346 e. The van der Waals surface area contributed by atoms with Crippen LogP contribution in [-0.2, 0) is 12.8 Å². The predicted octanol–water partition coefficient (Wildman–Crippen LogP) is 3.59. The van der Waals surface area contributed by atoms with E-state index in [2.05, 4.69) is 28.8 Å². The second kappa shape index (κ2) is 7.43. The molecule has 4 rings (SSSR count). The van der Waals surface area contributed by atoms with Crippen molar-refractivity contribution in [2.24, 2.45) is 0 Å². The number of urea groups is 1. The summed E-state index contributed by atoms with van der Waals surface area (Å²) in [6.07, 6.45) is 4.82. The fourth-order valence-electron chi connectivity index (χ4n) is 3.90. The molecule has 2 aromatic carbocycles. The maximum absolute atomic E-state index is 12.6. The molecule has 1 unspecified atom stereocenters. The van der Waals surface area contributed by atoms with Gasteiger partial charge in [-0.25, -0.2) is 4.79 Å². The highest BCUT2D eigenvalue weighted by Crippen LogP contribution is 2.25. The van der Waals surface area contributed by atoms with Gasteiger partial charge in [-0.3, -0.25) is 9.69 Å². The van der Waals surface area contributed by atoms with Crippen molar-refractivity contribution in [3.63, 3.8) is 0 Å². The number of hydrogen-bond donors (Lipinski definition) is 2. The first-order chi connectivity index (χ1) is 13.1. The summed E-state index contributed by atoms with van der Waals surface area (Å²) < 4.78 is 0. The second-order valence-electron chi connectivity index (χ2n) is 7.36. The maximum Gasteiger partial charge on any atom is 0.321 e. The van der Waals surface area contributed by atoms with E-state index in [1.807, 2.05) is 19.1 Å².